The summed E-state index contributed by atoms with van der Waals surface area (Å²) in [7, 11) is 0. The van der Waals surface area contributed by atoms with E-state index in [-0.39, 0.29) is 11.4 Å². The van der Waals surface area contributed by atoms with E-state index in [1.807, 2.05) is 36.1 Å². The minimum Gasteiger partial charge on any atom is -0.323 e. The lowest BCUT2D eigenvalue weighted by Gasteiger charge is -2.23. The van der Waals surface area contributed by atoms with E-state index in [1.54, 1.807) is 0 Å². The van der Waals surface area contributed by atoms with Crippen LogP contribution in [0.25, 0.3) is 0 Å². The molecule has 0 atom stereocenters. The number of carbonyl (C=O) groups is 1. The van der Waals surface area contributed by atoms with Crippen molar-refractivity contribution < 1.29 is 4.79 Å². The van der Waals surface area contributed by atoms with Gasteiger partial charge < -0.3 is 10.2 Å². The molecule has 3 rings (SSSR count). The van der Waals surface area contributed by atoms with Crippen LogP contribution in [-0.2, 0) is 12.0 Å². The van der Waals surface area contributed by atoms with Gasteiger partial charge in [-0.2, -0.15) is 0 Å². The second kappa shape index (κ2) is 8.78. The number of nitrogens with zero attached hydrogens (tertiary/aromatic N) is 2. The summed E-state index contributed by atoms with van der Waals surface area (Å²) in [5.74, 6) is 0. The molecule has 1 N–H and O–H groups in total. The molecule has 2 amide bonds. The van der Waals surface area contributed by atoms with Crippen LogP contribution < -0.4 is 5.32 Å². The highest BCUT2D eigenvalue weighted by atomic mass is 16.2. The summed E-state index contributed by atoms with van der Waals surface area (Å²) < 4.78 is 0. The zero-order chi connectivity index (χ0) is 20.1. The Kier molecular flexibility index (Phi) is 6.40. The number of carbonyl (C=O) groups excluding carboxylic acids is 1. The first-order valence-corrected chi connectivity index (χ1v) is 10.3. The zero-order valence-electron chi connectivity index (χ0n) is 17.7. The fourth-order valence-corrected chi connectivity index (χ4v) is 3.63. The summed E-state index contributed by atoms with van der Waals surface area (Å²) in [5.41, 5.74) is 4.91. The minimum atomic E-state index is 0.00183. The third kappa shape index (κ3) is 5.59. The molecule has 0 aliphatic carbocycles. The van der Waals surface area contributed by atoms with Crippen LogP contribution in [0.1, 0.15) is 43.9 Å². The van der Waals surface area contributed by atoms with Crippen LogP contribution >= 0.6 is 0 Å². The first-order chi connectivity index (χ1) is 13.3. The van der Waals surface area contributed by atoms with Crippen molar-refractivity contribution in [3.05, 3.63) is 65.2 Å². The highest BCUT2D eigenvalue weighted by molar-refractivity contribution is 5.89. The van der Waals surface area contributed by atoms with Gasteiger partial charge in [-0.25, -0.2) is 4.79 Å². The van der Waals surface area contributed by atoms with Crippen LogP contribution in [-0.4, -0.2) is 42.0 Å². The zero-order valence-corrected chi connectivity index (χ0v) is 17.7. The summed E-state index contributed by atoms with van der Waals surface area (Å²) in [6.07, 6.45) is 1.00. The standard InChI is InChI=1S/C24H33N3O/c1-19-7-5-8-22(17-19)25-23(28)27-14-6-13-26(15-16-27)18-20-9-11-21(12-10-20)24(2,3)4/h5,7-12,17H,6,13-16,18H2,1-4H3,(H,25,28). The molecule has 4 nitrogen and oxygen atoms in total. The number of hydrogen-bond donors (Lipinski definition) is 1. The molecule has 1 aliphatic heterocycles. The second-order valence-electron chi connectivity index (χ2n) is 8.86. The van der Waals surface area contributed by atoms with Gasteiger partial charge in [-0.15, -0.1) is 0 Å². The molecule has 1 aliphatic rings. The van der Waals surface area contributed by atoms with E-state index in [4.69, 9.17) is 0 Å². The Morgan fingerprint density at radius 3 is 2.43 bits per heavy atom. The lowest BCUT2D eigenvalue weighted by Crippen LogP contribution is -2.38. The van der Waals surface area contributed by atoms with Gasteiger partial charge in [0.2, 0.25) is 0 Å². The predicted molar refractivity (Wildman–Crippen MR) is 117 cm³/mol. The van der Waals surface area contributed by atoms with Crippen molar-refractivity contribution in [2.75, 3.05) is 31.5 Å². The van der Waals surface area contributed by atoms with Crippen molar-refractivity contribution in [1.29, 1.82) is 0 Å². The van der Waals surface area contributed by atoms with Gasteiger partial charge in [-0.3, -0.25) is 4.90 Å². The summed E-state index contributed by atoms with van der Waals surface area (Å²) in [4.78, 5) is 17.0. The normalized spacial score (nSPS) is 15.9. The average Bonchev–Trinajstić information content (AvgIpc) is 2.87. The van der Waals surface area contributed by atoms with Crippen LogP contribution in [0.2, 0.25) is 0 Å². The van der Waals surface area contributed by atoms with E-state index in [1.165, 1.54) is 11.1 Å². The fourth-order valence-electron chi connectivity index (χ4n) is 3.63. The van der Waals surface area contributed by atoms with Crippen molar-refractivity contribution in [2.24, 2.45) is 0 Å². The van der Waals surface area contributed by atoms with E-state index in [2.05, 4.69) is 55.3 Å². The van der Waals surface area contributed by atoms with Gasteiger partial charge in [0, 0.05) is 38.4 Å². The smallest absolute Gasteiger partial charge is 0.321 e. The molecular weight excluding hydrogens is 346 g/mol. The third-order valence-electron chi connectivity index (χ3n) is 5.37. The number of urea groups is 1. The largest absolute Gasteiger partial charge is 0.323 e. The lowest BCUT2D eigenvalue weighted by atomic mass is 9.87. The molecule has 0 radical (unpaired) electrons. The molecule has 0 aromatic heterocycles. The fraction of sp³-hybridized carbons (Fsp3) is 0.458. The molecule has 4 heteroatoms. The number of aryl methyl sites for hydroxylation is 1. The number of rotatable bonds is 3. The maximum Gasteiger partial charge on any atom is 0.321 e. The molecule has 0 unspecified atom stereocenters. The first kappa shape index (κ1) is 20.4. The lowest BCUT2D eigenvalue weighted by molar-refractivity contribution is 0.211. The second-order valence-corrected chi connectivity index (χ2v) is 8.86. The van der Waals surface area contributed by atoms with Gasteiger partial charge in [0.25, 0.3) is 0 Å². The van der Waals surface area contributed by atoms with Crippen LogP contribution in [0, 0.1) is 6.92 Å². The van der Waals surface area contributed by atoms with Crippen molar-refractivity contribution in [1.82, 2.24) is 9.80 Å². The van der Waals surface area contributed by atoms with Crippen molar-refractivity contribution in [2.45, 2.75) is 46.1 Å². The molecule has 28 heavy (non-hydrogen) atoms. The molecule has 2 aromatic carbocycles. The maximum atomic E-state index is 12.6. The van der Waals surface area contributed by atoms with Crippen molar-refractivity contribution >= 4 is 11.7 Å². The van der Waals surface area contributed by atoms with E-state index in [0.29, 0.717) is 0 Å². The third-order valence-corrected chi connectivity index (χ3v) is 5.37. The number of anilines is 1. The van der Waals surface area contributed by atoms with Crippen LogP contribution in [0.5, 0.6) is 0 Å². The molecule has 1 saturated heterocycles. The highest BCUT2D eigenvalue weighted by Crippen LogP contribution is 2.22. The quantitative estimate of drug-likeness (QED) is 0.812. The van der Waals surface area contributed by atoms with E-state index in [9.17, 15) is 4.79 Å². The van der Waals surface area contributed by atoms with Gasteiger partial charge in [0.15, 0.2) is 0 Å². The summed E-state index contributed by atoms with van der Waals surface area (Å²) in [6, 6.07) is 16.9. The topological polar surface area (TPSA) is 35.6 Å². The number of benzene rings is 2. The Hall–Kier alpha value is -2.33. The average molecular weight is 380 g/mol. The molecular formula is C24H33N3O. The van der Waals surface area contributed by atoms with Gasteiger partial charge in [-0.1, -0.05) is 57.2 Å². The Bertz CT molecular complexity index is 792. The van der Waals surface area contributed by atoms with Gasteiger partial charge in [0.05, 0.1) is 0 Å². The Morgan fingerprint density at radius 1 is 1.00 bits per heavy atom. The number of hydrogen-bond acceptors (Lipinski definition) is 2. The van der Waals surface area contributed by atoms with Crippen LogP contribution in [0.3, 0.4) is 0 Å². The van der Waals surface area contributed by atoms with E-state index in [0.717, 1.165) is 50.4 Å². The monoisotopic (exact) mass is 379 g/mol. The molecule has 2 aromatic rings. The molecule has 150 valence electrons. The Morgan fingerprint density at radius 2 is 1.75 bits per heavy atom. The Balaban J connectivity index is 1.53. The molecule has 0 saturated carbocycles. The highest BCUT2D eigenvalue weighted by Gasteiger charge is 2.20. The van der Waals surface area contributed by atoms with E-state index >= 15 is 0 Å². The number of nitrogens with one attached hydrogen (secondary N) is 1. The Labute approximate surface area is 169 Å². The summed E-state index contributed by atoms with van der Waals surface area (Å²) in [6.45, 7) is 13.2. The van der Waals surface area contributed by atoms with Crippen LogP contribution in [0.15, 0.2) is 48.5 Å². The molecule has 0 spiro atoms. The first-order valence-electron chi connectivity index (χ1n) is 10.3. The van der Waals surface area contributed by atoms with Crippen LogP contribution in [0.4, 0.5) is 10.5 Å². The van der Waals surface area contributed by atoms with Gasteiger partial charge >= 0.3 is 6.03 Å². The SMILES string of the molecule is Cc1cccc(NC(=O)N2CCCN(Cc3ccc(C(C)(C)C)cc3)CC2)c1. The molecule has 1 fully saturated rings. The van der Waals surface area contributed by atoms with Gasteiger partial charge in [-0.05, 0) is 47.6 Å². The minimum absolute atomic E-state index is 0.00183. The molecule has 0 bridgehead atoms. The summed E-state index contributed by atoms with van der Waals surface area (Å²) >= 11 is 0. The maximum absolute atomic E-state index is 12.6. The number of amides is 2. The predicted octanol–water partition coefficient (Wildman–Crippen LogP) is 5.03. The van der Waals surface area contributed by atoms with Crippen molar-refractivity contribution in [3.63, 3.8) is 0 Å². The van der Waals surface area contributed by atoms with E-state index < -0.39 is 0 Å². The van der Waals surface area contributed by atoms with Gasteiger partial charge in [0.1, 0.15) is 0 Å². The van der Waals surface area contributed by atoms with Crippen molar-refractivity contribution in [3.8, 4) is 0 Å². The molecule has 1 heterocycles. The summed E-state index contributed by atoms with van der Waals surface area (Å²) in [5, 5.41) is 3.03.